The molecule has 5 N–H and O–H groups in total. The van der Waals surface area contributed by atoms with E-state index in [9.17, 15) is 34.8 Å². The zero-order valence-corrected chi connectivity index (χ0v) is 21.6. The Labute approximate surface area is 218 Å². The third-order valence-corrected chi connectivity index (χ3v) is 6.44. The van der Waals surface area contributed by atoms with E-state index in [1.54, 1.807) is 20.8 Å². The first kappa shape index (κ1) is 30.5. The van der Waals surface area contributed by atoms with Crippen LogP contribution in [0.5, 0.6) is 5.75 Å². The summed E-state index contributed by atoms with van der Waals surface area (Å²) in [5.41, 5.74) is 1.90. The number of phenolic OH excluding ortho intramolecular Hbond substituents is 1. The summed E-state index contributed by atoms with van der Waals surface area (Å²) in [6.07, 6.45) is 1.84. The molecule has 1 aromatic rings. The largest absolute Gasteiger partial charge is 0.508 e. The van der Waals surface area contributed by atoms with Crippen LogP contribution < -0.4 is 5.32 Å². The average Bonchev–Trinajstić information content (AvgIpc) is 2.81. The van der Waals surface area contributed by atoms with Crippen molar-refractivity contribution in [2.45, 2.75) is 19.4 Å². The highest BCUT2D eigenvalue weighted by atomic mass is 16.4. The predicted molar refractivity (Wildman–Crippen MR) is 138 cm³/mol. The first-order valence-electron chi connectivity index (χ1n) is 12.7. The molecular weight excluding hydrogens is 482 g/mol. The number of aryl methyl sites for hydroxylation is 1. The molecule has 1 aromatic carbocycles. The number of hydrogen-bond donors (Lipinski definition) is 5. The van der Waals surface area contributed by atoms with Crippen molar-refractivity contribution in [2.24, 2.45) is 0 Å². The van der Waals surface area contributed by atoms with Gasteiger partial charge < -0.3 is 25.7 Å². The fraction of sp³-hybridized carbons (Fsp3) is 0.640. The molecule has 2 rings (SSSR count). The van der Waals surface area contributed by atoms with E-state index in [1.165, 1.54) is 0 Å². The van der Waals surface area contributed by atoms with Crippen LogP contribution in [0.15, 0.2) is 18.2 Å². The van der Waals surface area contributed by atoms with Gasteiger partial charge in [-0.05, 0) is 38.1 Å². The lowest BCUT2D eigenvalue weighted by Gasteiger charge is -2.33. The molecule has 0 saturated carbocycles. The standard InChI is InChI=1S/C25H41N5O7/c1-26-6-2-3-20-4-5-22(31)21(15-20)16-27-7-9-28(17-23(32)33)11-13-30(19-25(36)37)14-12-29(10-8-27)18-24(34)35/h4-5,15,26,31H,2-3,6-14,16-19H2,1H3,(H,32,33)(H,34,35)(H,36,37). The Kier molecular flexibility index (Phi) is 13.3. The quantitative estimate of drug-likeness (QED) is 0.225. The van der Waals surface area contributed by atoms with Crippen LogP contribution in [0.2, 0.25) is 0 Å². The van der Waals surface area contributed by atoms with E-state index in [0.717, 1.165) is 30.5 Å². The molecule has 0 unspecified atom stereocenters. The van der Waals surface area contributed by atoms with Gasteiger partial charge in [0.05, 0.1) is 19.6 Å². The van der Waals surface area contributed by atoms with Crippen LogP contribution in [-0.4, -0.2) is 144 Å². The first-order chi connectivity index (χ1) is 17.7. The van der Waals surface area contributed by atoms with Crippen molar-refractivity contribution < 1.29 is 34.8 Å². The summed E-state index contributed by atoms with van der Waals surface area (Å²) in [6, 6.07) is 5.61. The van der Waals surface area contributed by atoms with Crippen LogP contribution in [-0.2, 0) is 27.3 Å². The van der Waals surface area contributed by atoms with Crippen LogP contribution in [0, 0.1) is 0 Å². The third kappa shape index (κ3) is 12.3. The Hall–Kier alpha value is -2.77. The van der Waals surface area contributed by atoms with Crippen LogP contribution >= 0.6 is 0 Å². The number of carboxylic acids is 3. The highest BCUT2D eigenvalue weighted by Crippen LogP contribution is 2.21. The molecule has 0 radical (unpaired) electrons. The van der Waals surface area contributed by atoms with Gasteiger partial charge in [0.25, 0.3) is 0 Å². The molecule has 1 heterocycles. The van der Waals surface area contributed by atoms with E-state index in [0.29, 0.717) is 58.9 Å². The van der Waals surface area contributed by atoms with Gasteiger partial charge in [-0.2, -0.15) is 0 Å². The van der Waals surface area contributed by atoms with Crippen molar-refractivity contribution in [2.75, 3.05) is 85.6 Å². The number of carboxylic acid groups (broad SMARTS) is 3. The molecule has 37 heavy (non-hydrogen) atoms. The van der Waals surface area contributed by atoms with Crippen molar-refractivity contribution >= 4 is 17.9 Å². The highest BCUT2D eigenvalue weighted by Gasteiger charge is 2.20. The van der Waals surface area contributed by atoms with Gasteiger partial charge in [0.2, 0.25) is 0 Å². The molecule has 0 bridgehead atoms. The summed E-state index contributed by atoms with van der Waals surface area (Å²) in [4.78, 5) is 41.6. The Bertz CT molecular complexity index is 853. The molecule has 1 fully saturated rings. The van der Waals surface area contributed by atoms with Crippen molar-refractivity contribution in [3.63, 3.8) is 0 Å². The maximum atomic E-state index is 11.4. The number of nitrogens with one attached hydrogen (secondary N) is 1. The Morgan fingerprint density at radius 1 is 0.757 bits per heavy atom. The number of phenols is 1. The number of aromatic hydroxyl groups is 1. The van der Waals surface area contributed by atoms with Crippen molar-refractivity contribution in [3.05, 3.63) is 29.3 Å². The summed E-state index contributed by atoms with van der Waals surface area (Å²) < 4.78 is 0. The van der Waals surface area contributed by atoms with Gasteiger partial charge in [-0.1, -0.05) is 12.1 Å². The fourth-order valence-corrected chi connectivity index (χ4v) is 4.42. The van der Waals surface area contributed by atoms with E-state index in [1.807, 2.05) is 19.2 Å². The predicted octanol–water partition coefficient (Wildman–Crippen LogP) is -0.480. The summed E-state index contributed by atoms with van der Waals surface area (Å²) >= 11 is 0. The second kappa shape index (κ2) is 16.2. The normalized spacial score (nSPS) is 17.6. The molecule has 12 heteroatoms. The van der Waals surface area contributed by atoms with Crippen molar-refractivity contribution in [1.82, 2.24) is 24.9 Å². The molecule has 1 aliphatic rings. The maximum Gasteiger partial charge on any atom is 0.317 e. The second-order valence-electron chi connectivity index (χ2n) is 9.46. The maximum absolute atomic E-state index is 11.4. The molecule has 208 valence electrons. The van der Waals surface area contributed by atoms with Gasteiger partial charge in [0, 0.05) is 64.5 Å². The van der Waals surface area contributed by atoms with Crippen molar-refractivity contribution in [3.8, 4) is 5.75 Å². The Morgan fingerprint density at radius 2 is 1.19 bits per heavy atom. The molecule has 1 aliphatic heterocycles. The molecule has 0 amide bonds. The van der Waals surface area contributed by atoms with E-state index in [2.05, 4.69) is 10.2 Å². The number of carbonyl (C=O) groups is 3. The highest BCUT2D eigenvalue weighted by molar-refractivity contribution is 5.69. The van der Waals surface area contributed by atoms with Gasteiger partial charge >= 0.3 is 17.9 Å². The van der Waals surface area contributed by atoms with Gasteiger partial charge in [0.1, 0.15) is 5.75 Å². The smallest absolute Gasteiger partial charge is 0.317 e. The minimum atomic E-state index is -0.985. The number of hydrogen-bond acceptors (Lipinski definition) is 9. The van der Waals surface area contributed by atoms with Gasteiger partial charge in [-0.3, -0.25) is 34.0 Å². The lowest BCUT2D eigenvalue weighted by atomic mass is 10.0. The lowest BCUT2D eigenvalue weighted by Crippen LogP contribution is -2.48. The summed E-state index contributed by atoms with van der Waals surface area (Å²) in [7, 11) is 1.91. The Morgan fingerprint density at radius 3 is 1.59 bits per heavy atom. The molecule has 0 atom stereocenters. The molecule has 1 saturated heterocycles. The monoisotopic (exact) mass is 523 g/mol. The topological polar surface area (TPSA) is 157 Å². The lowest BCUT2D eigenvalue weighted by molar-refractivity contribution is -0.140. The molecular formula is C25H41N5O7. The second-order valence-corrected chi connectivity index (χ2v) is 9.46. The van der Waals surface area contributed by atoms with Crippen LogP contribution in [0.3, 0.4) is 0 Å². The minimum absolute atomic E-state index is 0.161. The van der Waals surface area contributed by atoms with Crippen LogP contribution in [0.25, 0.3) is 0 Å². The molecule has 0 aromatic heterocycles. The SMILES string of the molecule is CNCCCc1ccc(O)c(CN2CCN(CC(=O)O)CCN(CC(=O)O)CCN(CC(=O)O)CC2)c1. The Balaban J connectivity index is 2.20. The van der Waals surface area contributed by atoms with E-state index in [-0.39, 0.29) is 25.4 Å². The van der Waals surface area contributed by atoms with Crippen LogP contribution in [0.1, 0.15) is 17.5 Å². The zero-order chi connectivity index (χ0) is 27.2. The number of rotatable bonds is 12. The number of aliphatic carboxylic acids is 3. The van der Waals surface area contributed by atoms with E-state index < -0.39 is 17.9 Å². The van der Waals surface area contributed by atoms with Gasteiger partial charge in [-0.25, -0.2) is 0 Å². The molecule has 0 spiro atoms. The number of benzene rings is 1. The molecule has 12 nitrogen and oxygen atoms in total. The average molecular weight is 524 g/mol. The summed E-state index contributed by atoms with van der Waals surface area (Å²) in [6.45, 7) is 4.18. The van der Waals surface area contributed by atoms with Crippen LogP contribution in [0.4, 0.5) is 0 Å². The summed E-state index contributed by atoms with van der Waals surface area (Å²) in [5.74, 6) is -2.70. The first-order valence-corrected chi connectivity index (χ1v) is 12.7. The number of nitrogens with zero attached hydrogens (tertiary/aromatic N) is 4. The van der Waals surface area contributed by atoms with E-state index >= 15 is 0 Å². The minimum Gasteiger partial charge on any atom is -0.508 e. The van der Waals surface area contributed by atoms with E-state index in [4.69, 9.17) is 0 Å². The third-order valence-electron chi connectivity index (χ3n) is 6.44. The zero-order valence-electron chi connectivity index (χ0n) is 21.6. The fourth-order valence-electron chi connectivity index (χ4n) is 4.42. The van der Waals surface area contributed by atoms with Gasteiger partial charge in [-0.15, -0.1) is 0 Å². The van der Waals surface area contributed by atoms with Gasteiger partial charge in [0.15, 0.2) is 0 Å². The van der Waals surface area contributed by atoms with Crippen molar-refractivity contribution in [1.29, 1.82) is 0 Å². The molecule has 0 aliphatic carbocycles. The summed E-state index contributed by atoms with van der Waals surface area (Å²) in [5, 5.41) is 41.7.